The summed E-state index contributed by atoms with van der Waals surface area (Å²) in [5.74, 6) is -1.33. The van der Waals surface area contributed by atoms with E-state index in [1.165, 1.54) is 4.90 Å². The molecule has 0 radical (unpaired) electrons. The number of amides is 1. The number of hydrogen-bond donors (Lipinski definition) is 1. The maximum absolute atomic E-state index is 12.5. The van der Waals surface area contributed by atoms with Crippen LogP contribution in [0.15, 0.2) is 18.2 Å². The highest BCUT2D eigenvalue weighted by Crippen LogP contribution is 2.23. The largest absolute Gasteiger partial charge is 0.479 e. The summed E-state index contributed by atoms with van der Waals surface area (Å²) in [6.45, 7) is 3.95. The zero-order valence-electron chi connectivity index (χ0n) is 11.3. The minimum Gasteiger partial charge on any atom is -0.479 e. The van der Waals surface area contributed by atoms with Crippen LogP contribution in [-0.2, 0) is 9.53 Å². The van der Waals surface area contributed by atoms with E-state index in [0.717, 1.165) is 5.56 Å². The molecular weight excluding hydrogens is 282 g/mol. The van der Waals surface area contributed by atoms with Crippen molar-refractivity contribution in [3.63, 3.8) is 0 Å². The van der Waals surface area contributed by atoms with E-state index in [1.54, 1.807) is 19.1 Å². The van der Waals surface area contributed by atoms with Gasteiger partial charge < -0.3 is 14.7 Å². The first-order valence-corrected chi connectivity index (χ1v) is 6.70. The molecule has 1 N–H and O–H groups in total. The summed E-state index contributed by atoms with van der Waals surface area (Å²) in [7, 11) is 0. The fraction of sp³-hybridized carbons (Fsp3) is 0.429. The number of aliphatic carboxylic acids is 1. The predicted octanol–water partition coefficient (Wildman–Crippen LogP) is 1.96. The van der Waals surface area contributed by atoms with Gasteiger partial charge in [-0.1, -0.05) is 23.7 Å². The molecule has 0 saturated carbocycles. The second-order valence-corrected chi connectivity index (χ2v) is 5.30. The Labute approximate surface area is 122 Å². The summed E-state index contributed by atoms with van der Waals surface area (Å²) in [4.78, 5) is 25.0. The van der Waals surface area contributed by atoms with Crippen LogP contribution in [0.4, 0.5) is 0 Å². The number of hydrogen-bond acceptors (Lipinski definition) is 3. The molecule has 5 nitrogen and oxygen atoms in total. The smallest absolute Gasteiger partial charge is 0.334 e. The van der Waals surface area contributed by atoms with Crippen molar-refractivity contribution in [3.8, 4) is 0 Å². The molecule has 1 aromatic rings. The van der Waals surface area contributed by atoms with Crippen LogP contribution in [0.1, 0.15) is 22.8 Å². The van der Waals surface area contributed by atoms with Gasteiger partial charge in [-0.15, -0.1) is 0 Å². The van der Waals surface area contributed by atoms with Crippen LogP contribution in [0.2, 0.25) is 5.02 Å². The fourth-order valence-electron chi connectivity index (χ4n) is 2.24. The Morgan fingerprint density at radius 3 is 2.75 bits per heavy atom. The third-order valence-electron chi connectivity index (χ3n) is 3.25. The quantitative estimate of drug-likeness (QED) is 0.906. The van der Waals surface area contributed by atoms with Crippen molar-refractivity contribution in [2.75, 3.05) is 13.1 Å². The van der Waals surface area contributed by atoms with Crippen molar-refractivity contribution in [1.29, 1.82) is 0 Å². The summed E-state index contributed by atoms with van der Waals surface area (Å²) in [6, 6.07) is 5.22. The fourth-order valence-corrected chi connectivity index (χ4v) is 2.44. The average molecular weight is 298 g/mol. The molecular formula is C14H16ClNO4. The Bertz CT molecular complexity index is 546. The highest BCUT2D eigenvalue weighted by Gasteiger charge is 2.33. The SMILES string of the molecule is Cc1cccc(C(=O)N2CC(C(=O)O)O[C@H](C)C2)c1Cl. The van der Waals surface area contributed by atoms with Gasteiger partial charge in [0.2, 0.25) is 0 Å². The van der Waals surface area contributed by atoms with E-state index in [0.29, 0.717) is 17.1 Å². The van der Waals surface area contributed by atoms with E-state index in [-0.39, 0.29) is 18.6 Å². The van der Waals surface area contributed by atoms with Crippen LogP contribution in [0.5, 0.6) is 0 Å². The zero-order valence-corrected chi connectivity index (χ0v) is 12.1. The second-order valence-electron chi connectivity index (χ2n) is 4.92. The minimum atomic E-state index is -1.07. The highest BCUT2D eigenvalue weighted by molar-refractivity contribution is 6.34. The standard InChI is InChI=1S/C14H16ClNO4/c1-8-4-3-5-10(12(8)15)13(17)16-6-9(2)20-11(7-16)14(18)19/h3-5,9,11H,6-7H2,1-2H3,(H,18,19)/t9-,11?/m1/s1. The number of ether oxygens (including phenoxy) is 1. The van der Waals surface area contributed by atoms with Crippen LogP contribution < -0.4 is 0 Å². The van der Waals surface area contributed by atoms with Gasteiger partial charge in [0.15, 0.2) is 6.10 Å². The van der Waals surface area contributed by atoms with Crippen molar-refractivity contribution < 1.29 is 19.4 Å². The molecule has 1 aromatic carbocycles. The number of carbonyl (C=O) groups excluding carboxylic acids is 1. The van der Waals surface area contributed by atoms with Crippen LogP contribution in [-0.4, -0.2) is 47.2 Å². The molecule has 20 heavy (non-hydrogen) atoms. The average Bonchev–Trinajstić information content (AvgIpc) is 2.40. The first-order valence-electron chi connectivity index (χ1n) is 6.32. The lowest BCUT2D eigenvalue weighted by Gasteiger charge is -2.35. The zero-order chi connectivity index (χ0) is 14.9. The molecule has 0 bridgehead atoms. The first kappa shape index (κ1) is 14.8. The van der Waals surface area contributed by atoms with Gasteiger partial charge in [0.1, 0.15) is 0 Å². The van der Waals surface area contributed by atoms with E-state index < -0.39 is 12.1 Å². The van der Waals surface area contributed by atoms with Crippen molar-refractivity contribution >= 4 is 23.5 Å². The Morgan fingerprint density at radius 1 is 1.40 bits per heavy atom. The highest BCUT2D eigenvalue weighted by atomic mass is 35.5. The molecule has 1 amide bonds. The Balaban J connectivity index is 2.24. The number of benzene rings is 1. The molecule has 2 atom stereocenters. The van der Waals surface area contributed by atoms with Gasteiger partial charge in [-0.2, -0.15) is 0 Å². The monoisotopic (exact) mass is 297 g/mol. The van der Waals surface area contributed by atoms with Crippen LogP contribution in [0, 0.1) is 6.92 Å². The second kappa shape index (κ2) is 5.81. The van der Waals surface area contributed by atoms with Crippen LogP contribution >= 0.6 is 11.6 Å². The Kier molecular flexibility index (Phi) is 4.30. The summed E-state index contributed by atoms with van der Waals surface area (Å²) < 4.78 is 5.29. The third kappa shape index (κ3) is 2.94. The lowest BCUT2D eigenvalue weighted by atomic mass is 10.1. The minimum absolute atomic E-state index is 0.0305. The van der Waals surface area contributed by atoms with Gasteiger partial charge in [0.25, 0.3) is 5.91 Å². The van der Waals surface area contributed by atoms with Gasteiger partial charge in [-0.3, -0.25) is 4.79 Å². The molecule has 1 saturated heterocycles. The summed E-state index contributed by atoms with van der Waals surface area (Å²) in [5.41, 5.74) is 1.21. The van der Waals surface area contributed by atoms with Gasteiger partial charge in [0, 0.05) is 6.54 Å². The lowest BCUT2D eigenvalue weighted by molar-refractivity contribution is -0.160. The van der Waals surface area contributed by atoms with E-state index in [2.05, 4.69) is 0 Å². The van der Waals surface area contributed by atoms with Crippen LogP contribution in [0.25, 0.3) is 0 Å². The number of nitrogens with zero attached hydrogens (tertiary/aromatic N) is 1. The van der Waals surface area contributed by atoms with Gasteiger partial charge in [0.05, 0.1) is 23.2 Å². The van der Waals surface area contributed by atoms with E-state index in [4.69, 9.17) is 21.4 Å². The molecule has 1 aliphatic rings. The molecule has 1 heterocycles. The molecule has 108 valence electrons. The summed E-state index contributed by atoms with van der Waals surface area (Å²) in [5, 5.41) is 9.44. The van der Waals surface area contributed by atoms with E-state index >= 15 is 0 Å². The molecule has 0 aromatic heterocycles. The van der Waals surface area contributed by atoms with E-state index in [1.807, 2.05) is 13.0 Å². The van der Waals surface area contributed by atoms with Gasteiger partial charge in [-0.05, 0) is 25.5 Å². The number of aryl methyl sites for hydroxylation is 1. The molecule has 1 aliphatic heterocycles. The van der Waals surface area contributed by atoms with E-state index in [9.17, 15) is 9.59 Å². The molecule has 0 spiro atoms. The van der Waals surface area contributed by atoms with Crippen molar-refractivity contribution in [1.82, 2.24) is 4.90 Å². The molecule has 1 fully saturated rings. The van der Waals surface area contributed by atoms with Crippen molar-refractivity contribution in [2.24, 2.45) is 0 Å². The Hall–Kier alpha value is -1.59. The number of carboxylic acid groups (broad SMARTS) is 1. The lowest BCUT2D eigenvalue weighted by Crippen LogP contribution is -2.51. The summed E-state index contributed by atoms with van der Waals surface area (Å²) in [6.07, 6.45) is -1.32. The van der Waals surface area contributed by atoms with Gasteiger partial charge >= 0.3 is 5.97 Å². The number of rotatable bonds is 2. The predicted molar refractivity (Wildman–Crippen MR) is 74.1 cm³/mol. The van der Waals surface area contributed by atoms with Crippen LogP contribution in [0.3, 0.4) is 0 Å². The normalized spacial score (nSPS) is 22.6. The Morgan fingerprint density at radius 2 is 2.10 bits per heavy atom. The third-order valence-corrected chi connectivity index (χ3v) is 3.75. The number of carbonyl (C=O) groups is 2. The molecule has 6 heteroatoms. The summed E-state index contributed by atoms with van der Waals surface area (Å²) >= 11 is 6.15. The first-order chi connectivity index (χ1) is 9.40. The maximum Gasteiger partial charge on any atom is 0.334 e. The number of halogens is 1. The molecule has 1 unspecified atom stereocenters. The topological polar surface area (TPSA) is 66.8 Å². The number of carboxylic acids is 1. The molecule has 2 rings (SSSR count). The van der Waals surface area contributed by atoms with Gasteiger partial charge in [-0.25, -0.2) is 4.79 Å². The molecule has 0 aliphatic carbocycles. The van der Waals surface area contributed by atoms with Crippen molar-refractivity contribution in [3.05, 3.63) is 34.3 Å². The maximum atomic E-state index is 12.5. The van der Waals surface area contributed by atoms with Crippen molar-refractivity contribution in [2.45, 2.75) is 26.1 Å². The number of morpholine rings is 1.